The summed E-state index contributed by atoms with van der Waals surface area (Å²) in [4.78, 5) is 12.3. The Labute approximate surface area is 193 Å². The number of benzene rings is 2. The maximum absolute atomic E-state index is 12.3. The Bertz CT molecular complexity index is 1020. The van der Waals surface area contributed by atoms with Crippen LogP contribution in [0.5, 0.6) is 11.5 Å². The molecule has 1 unspecified atom stereocenters. The van der Waals surface area contributed by atoms with Crippen LogP contribution >= 0.6 is 11.8 Å². The van der Waals surface area contributed by atoms with Crippen LogP contribution in [-0.2, 0) is 11.8 Å². The van der Waals surface area contributed by atoms with Gasteiger partial charge < -0.3 is 19.4 Å². The fourth-order valence-electron chi connectivity index (χ4n) is 3.12. The lowest BCUT2D eigenvalue weighted by Crippen LogP contribution is -2.14. The minimum atomic E-state index is -0.274. The number of hydrogen-bond acceptors (Lipinski definition) is 6. The number of anilines is 1. The topological polar surface area (TPSA) is 78.3 Å². The van der Waals surface area contributed by atoms with Crippen LogP contribution in [0.15, 0.2) is 53.7 Å². The molecule has 0 aliphatic rings. The summed E-state index contributed by atoms with van der Waals surface area (Å²) >= 11 is 1.33. The van der Waals surface area contributed by atoms with Gasteiger partial charge in [0.2, 0.25) is 5.91 Å². The molecule has 7 nitrogen and oxygen atoms in total. The molecule has 1 aromatic heterocycles. The van der Waals surface area contributed by atoms with E-state index in [1.807, 2.05) is 61.9 Å². The Kier molecular flexibility index (Phi) is 8.16. The molecule has 3 aromatic rings. The molecule has 32 heavy (non-hydrogen) atoms. The third kappa shape index (κ3) is 6.26. The van der Waals surface area contributed by atoms with Crippen molar-refractivity contribution >= 4 is 23.4 Å². The molecular formula is C24H30N4O3S. The van der Waals surface area contributed by atoms with Gasteiger partial charge in [0.25, 0.3) is 0 Å². The van der Waals surface area contributed by atoms with Gasteiger partial charge >= 0.3 is 0 Å². The standard InChI is InChI=1S/C24H30N4O3S/c1-6-30-20-13-9-19(10-14-20)25-22(29)15-32-24-27-26-23(28(24)5)17(4)31-21-11-7-18(8-12-21)16(2)3/h7-14,16-17H,6,15H2,1-5H3,(H,25,29). The second-order valence-corrected chi connectivity index (χ2v) is 8.62. The minimum Gasteiger partial charge on any atom is -0.494 e. The first kappa shape index (κ1) is 23.7. The second-order valence-electron chi connectivity index (χ2n) is 7.68. The molecule has 3 rings (SSSR count). The first-order valence-corrected chi connectivity index (χ1v) is 11.7. The lowest BCUT2D eigenvalue weighted by atomic mass is 10.0. The summed E-state index contributed by atoms with van der Waals surface area (Å²) < 4.78 is 13.3. The third-order valence-electron chi connectivity index (χ3n) is 4.87. The van der Waals surface area contributed by atoms with Gasteiger partial charge in [-0.1, -0.05) is 37.7 Å². The highest BCUT2D eigenvalue weighted by molar-refractivity contribution is 7.99. The first-order valence-electron chi connectivity index (χ1n) is 10.7. The van der Waals surface area contributed by atoms with E-state index in [2.05, 4.69) is 41.5 Å². The van der Waals surface area contributed by atoms with E-state index in [-0.39, 0.29) is 17.8 Å². The number of carbonyl (C=O) groups is 1. The summed E-state index contributed by atoms with van der Waals surface area (Å²) in [6.07, 6.45) is -0.274. The van der Waals surface area contributed by atoms with Gasteiger partial charge in [-0.05, 0) is 61.7 Å². The fraction of sp³-hybridized carbons (Fsp3) is 0.375. The van der Waals surface area contributed by atoms with Crippen molar-refractivity contribution < 1.29 is 14.3 Å². The van der Waals surface area contributed by atoms with Crippen LogP contribution in [0.3, 0.4) is 0 Å². The fourth-order valence-corrected chi connectivity index (χ4v) is 3.84. The van der Waals surface area contributed by atoms with E-state index in [1.54, 1.807) is 0 Å². The smallest absolute Gasteiger partial charge is 0.234 e. The third-order valence-corrected chi connectivity index (χ3v) is 5.89. The molecule has 0 fully saturated rings. The van der Waals surface area contributed by atoms with Gasteiger partial charge in [0.05, 0.1) is 12.4 Å². The van der Waals surface area contributed by atoms with Crippen LogP contribution in [0.2, 0.25) is 0 Å². The molecule has 1 atom stereocenters. The van der Waals surface area contributed by atoms with Crippen molar-refractivity contribution in [1.29, 1.82) is 0 Å². The lowest BCUT2D eigenvalue weighted by Gasteiger charge is -2.15. The Morgan fingerprint density at radius 2 is 1.69 bits per heavy atom. The monoisotopic (exact) mass is 454 g/mol. The van der Waals surface area contributed by atoms with E-state index < -0.39 is 0 Å². The summed E-state index contributed by atoms with van der Waals surface area (Å²) in [6.45, 7) is 8.80. The quantitative estimate of drug-likeness (QED) is 0.424. The number of carbonyl (C=O) groups excluding carboxylic acids is 1. The SMILES string of the molecule is CCOc1ccc(NC(=O)CSc2nnc(C(C)Oc3ccc(C(C)C)cc3)n2C)cc1. The van der Waals surface area contributed by atoms with Gasteiger partial charge in [-0.2, -0.15) is 0 Å². The van der Waals surface area contributed by atoms with Gasteiger partial charge in [-0.3, -0.25) is 4.79 Å². The Morgan fingerprint density at radius 3 is 2.31 bits per heavy atom. The zero-order chi connectivity index (χ0) is 23.1. The molecule has 0 saturated heterocycles. The number of thioether (sulfide) groups is 1. The van der Waals surface area contributed by atoms with Crippen LogP contribution in [0.25, 0.3) is 0 Å². The normalized spacial score (nSPS) is 11.9. The van der Waals surface area contributed by atoms with Crippen LogP contribution in [0.1, 0.15) is 51.1 Å². The zero-order valence-electron chi connectivity index (χ0n) is 19.2. The van der Waals surface area contributed by atoms with E-state index in [4.69, 9.17) is 9.47 Å². The van der Waals surface area contributed by atoms with Gasteiger partial charge in [-0.15, -0.1) is 10.2 Å². The maximum atomic E-state index is 12.3. The predicted octanol–water partition coefficient (Wildman–Crippen LogP) is 5.21. The molecular weight excluding hydrogens is 424 g/mol. The molecule has 1 heterocycles. The van der Waals surface area contributed by atoms with Crippen molar-refractivity contribution in [2.75, 3.05) is 17.7 Å². The summed E-state index contributed by atoms with van der Waals surface area (Å²) in [7, 11) is 1.88. The average molecular weight is 455 g/mol. The zero-order valence-corrected chi connectivity index (χ0v) is 20.0. The van der Waals surface area contributed by atoms with Crippen molar-refractivity contribution in [3.63, 3.8) is 0 Å². The van der Waals surface area contributed by atoms with Crippen molar-refractivity contribution in [1.82, 2.24) is 14.8 Å². The molecule has 1 amide bonds. The number of aromatic nitrogens is 3. The van der Waals surface area contributed by atoms with Crippen molar-refractivity contribution in [3.05, 3.63) is 59.9 Å². The predicted molar refractivity (Wildman–Crippen MR) is 128 cm³/mol. The van der Waals surface area contributed by atoms with E-state index in [0.717, 1.165) is 17.2 Å². The molecule has 1 N–H and O–H groups in total. The molecule has 0 bridgehead atoms. The number of rotatable bonds is 10. The maximum Gasteiger partial charge on any atom is 0.234 e. The van der Waals surface area contributed by atoms with Crippen molar-refractivity contribution in [3.8, 4) is 11.5 Å². The molecule has 0 saturated carbocycles. The Morgan fingerprint density at radius 1 is 1.03 bits per heavy atom. The Balaban J connectivity index is 1.53. The molecule has 0 aliphatic carbocycles. The highest BCUT2D eigenvalue weighted by atomic mass is 32.2. The van der Waals surface area contributed by atoms with Gasteiger partial charge in [-0.25, -0.2) is 0 Å². The van der Waals surface area contributed by atoms with Crippen LogP contribution in [0.4, 0.5) is 5.69 Å². The Hall–Kier alpha value is -3.00. The highest BCUT2D eigenvalue weighted by Gasteiger charge is 2.18. The molecule has 8 heteroatoms. The van der Waals surface area contributed by atoms with Crippen molar-refractivity contribution in [2.24, 2.45) is 7.05 Å². The number of nitrogens with zero attached hydrogens (tertiary/aromatic N) is 3. The average Bonchev–Trinajstić information content (AvgIpc) is 3.14. The first-order chi connectivity index (χ1) is 15.4. The number of amides is 1. The molecule has 0 aliphatic heterocycles. The number of hydrogen-bond donors (Lipinski definition) is 1. The van der Waals surface area contributed by atoms with E-state index in [0.29, 0.717) is 23.5 Å². The van der Waals surface area contributed by atoms with Gasteiger partial charge in [0.1, 0.15) is 11.5 Å². The lowest BCUT2D eigenvalue weighted by molar-refractivity contribution is -0.113. The number of ether oxygens (including phenoxy) is 2. The van der Waals surface area contributed by atoms with E-state index >= 15 is 0 Å². The molecule has 170 valence electrons. The van der Waals surface area contributed by atoms with Crippen LogP contribution in [-0.4, -0.2) is 33.0 Å². The van der Waals surface area contributed by atoms with Gasteiger partial charge in [0.15, 0.2) is 17.1 Å². The molecule has 0 radical (unpaired) electrons. The van der Waals surface area contributed by atoms with Crippen molar-refractivity contribution in [2.45, 2.75) is 44.9 Å². The largest absolute Gasteiger partial charge is 0.494 e. The summed E-state index contributed by atoms with van der Waals surface area (Å²) in [5.74, 6) is 2.86. The highest BCUT2D eigenvalue weighted by Crippen LogP contribution is 2.25. The van der Waals surface area contributed by atoms with Crippen LogP contribution < -0.4 is 14.8 Å². The van der Waals surface area contributed by atoms with Crippen LogP contribution in [0, 0.1) is 0 Å². The van der Waals surface area contributed by atoms with Gasteiger partial charge in [0, 0.05) is 12.7 Å². The summed E-state index contributed by atoms with van der Waals surface area (Å²) in [5.41, 5.74) is 1.99. The molecule has 0 spiro atoms. The minimum absolute atomic E-state index is 0.113. The summed E-state index contributed by atoms with van der Waals surface area (Å²) in [5, 5.41) is 12.0. The number of nitrogens with one attached hydrogen (secondary N) is 1. The second kappa shape index (κ2) is 11.0. The van der Waals surface area contributed by atoms with E-state index in [9.17, 15) is 4.79 Å². The van der Waals surface area contributed by atoms with E-state index in [1.165, 1.54) is 17.3 Å². The molecule has 2 aromatic carbocycles. The summed E-state index contributed by atoms with van der Waals surface area (Å²) in [6, 6.07) is 15.4.